The van der Waals surface area contributed by atoms with E-state index >= 15 is 0 Å². The number of amides is 1. The van der Waals surface area contributed by atoms with E-state index in [1.807, 2.05) is 35.7 Å². The van der Waals surface area contributed by atoms with Crippen molar-refractivity contribution >= 4 is 27.5 Å². The van der Waals surface area contributed by atoms with Crippen LogP contribution in [0.1, 0.15) is 34.7 Å². The molecule has 0 radical (unpaired) electrons. The zero-order valence-corrected chi connectivity index (χ0v) is 16.2. The number of aryl methyl sites for hydroxylation is 1. The summed E-state index contributed by atoms with van der Waals surface area (Å²) in [5.41, 5.74) is 2.90. The van der Waals surface area contributed by atoms with Crippen molar-refractivity contribution in [3.63, 3.8) is 0 Å². The third kappa shape index (κ3) is 3.68. The molecule has 0 spiro atoms. The van der Waals surface area contributed by atoms with E-state index in [2.05, 4.69) is 37.3 Å². The summed E-state index contributed by atoms with van der Waals surface area (Å²) in [6.07, 6.45) is 7.52. The lowest BCUT2D eigenvalue weighted by Gasteiger charge is -2.31. The molecule has 136 valence electrons. The SMILES string of the molecule is Cc1ccoc1C(=O)NC1CCN(Cc2cn3cc(Br)ccc3n2)CC1. The molecule has 0 bridgehead atoms. The van der Waals surface area contributed by atoms with Crippen molar-refractivity contribution in [3.8, 4) is 0 Å². The number of fused-ring (bicyclic) bond motifs is 1. The molecule has 3 aromatic rings. The van der Waals surface area contributed by atoms with Gasteiger partial charge in [-0.05, 0) is 53.9 Å². The molecule has 26 heavy (non-hydrogen) atoms. The summed E-state index contributed by atoms with van der Waals surface area (Å²) in [4.78, 5) is 19.3. The Morgan fingerprint density at radius 2 is 2.12 bits per heavy atom. The van der Waals surface area contributed by atoms with Crippen molar-refractivity contribution in [2.24, 2.45) is 0 Å². The molecule has 0 saturated carbocycles. The number of piperidine rings is 1. The van der Waals surface area contributed by atoms with Gasteiger partial charge in [0.15, 0.2) is 5.76 Å². The highest BCUT2D eigenvalue weighted by atomic mass is 79.9. The van der Waals surface area contributed by atoms with Gasteiger partial charge in [-0.1, -0.05) is 0 Å². The predicted octanol–water partition coefficient (Wildman–Crippen LogP) is 3.39. The minimum Gasteiger partial charge on any atom is -0.459 e. The molecule has 6 nitrogen and oxygen atoms in total. The predicted molar refractivity (Wildman–Crippen MR) is 102 cm³/mol. The van der Waals surface area contributed by atoms with Crippen molar-refractivity contribution in [1.82, 2.24) is 19.6 Å². The van der Waals surface area contributed by atoms with Gasteiger partial charge in [-0.15, -0.1) is 0 Å². The van der Waals surface area contributed by atoms with E-state index in [4.69, 9.17) is 4.42 Å². The number of likely N-dealkylation sites (tertiary alicyclic amines) is 1. The molecule has 1 amide bonds. The van der Waals surface area contributed by atoms with Gasteiger partial charge in [0.2, 0.25) is 0 Å². The van der Waals surface area contributed by atoms with Crippen molar-refractivity contribution < 1.29 is 9.21 Å². The monoisotopic (exact) mass is 416 g/mol. The number of rotatable bonds is 4. The van der Waals surface area contributed by atoms with Crippen LogP contribution in [0.5, 0.6) is 0 Å². The molecule has 1 aliphatic heterocycles. The molecule has 0 atom stereocenters. The Hall–Kier alpha value is -2.12. The van der Waals surface area contributed by atoms with Crippen molar-refractivity contribution in [3.05, 3.63) is 58.3 Å². The minimum atomic E-state index is -0.114. The summed E-state index contributed by atoms with van der Waals surface area (Å²) in [5, 5.41) is 3.09. The van der Waals surface area contributed by atoms with Gasteiger partial charge in [0.05, 0.1) is 12.0 Å². The first-order valence-electron chi connectivity index (χ1n) is 8.79. The van der Waals surface area contributed by atoms with E-state index in [0.29, 0.717) is 5.76 Å². The van der Waals surface area contributed by atoms with Crippen LogP contribution < -0.4 is 5.32 Å². The molecule has 0 aromatic carbocycles. The minimum absolute atomic E-state index is 0.114. The highest BCUT2D eigenvalue weighted by Crippen LogP contribution is 2.17. The van der Waals surface area contributed by atoms with Gasteiger partial charge in [0.1, 0.15) is 5.65 Å². The fourth-order valence-corrected chi connectivity index (χ4v) is 3.77. The number of furan rings is 1. The largest absolute Gasteiger partial charge is 0.459 e. The molecule has 4 rings (SSSR count). The number of halogens is 1. The van der Waals surface area contributed by atoms with E-state index in [1.165, 1.54) is 0 Å². The second-order valence-electron chi connectivity index (χ2n) is 6.80. The van der Waals surface area contributed by atoms with Crippen LogP contribution in [0.25, 0.3) is 5.65 Å². The fraction of sp³-hybridized carbons (Fsp3) is 0.368. The number of carbonyl (C=O) groups excluding carboxylic acids is 1. The number of hydrogen-bond acceptors (Lipinski definition) is 4. The third-order valence-corrected chi connectivity index (χ3v) is 5.31. The molecule has 7 heteroatoms. The number of hydrogen-bond donors (Lipinski definition) is 1. The van der Waals surface area contributed by atoms with Gasteiger partial charge in [-0.3, -0.25) is 9.69 Å². The molecule has 1 N–H and O–H groups in total. The number of aromatic nitrogens is 2. The molecular formula is C19H21BrN4O2. The summed E-state index contributed by atoms with van der Waals surface area (Å²) in [7, 11) is 0. The maximum absolute atomic E-state index is 12.3. The maximum atomic E-state index is 12.3. The topological polar surface area (TPSA) is 62.8 Å². The molecule has 3 aromatic heterocycles. The van der Waals surface area contributed by atoms with E-state index in [1.54, 1.807) is 6.26 Å². The highest BCUT2D eigenvalue weighted by molar-refractivity contribution is 9.10. The average Bonchev–Trinajstić information content (AvgIpc) is 3.21. The van der Waals surface area contributed by atoms with Gasteiger partial charge < -0.3 is 14.1 Å². The molecular weight excluding hydrogens is 396 g/mol. The van der Waals surface area contributed by atoms with E-state index in [9.17, 15) is 4.79 Å². The van der Waals surface area contributed by atoms with Gasteiger partial charge >= 0.3 is 0 Å². The Morgan fingerprint density at radius 3 is 2.85 bits per heavy atom. The van der Waals surface area contributed by atoms with Crippen LogP contribution in [0.3, 0.4) is 0 Å². The number of nitrogens with one attached hydrogen (secondary N) is 1. The van der Waals surface area contributed by atoms with Gasteiger partial charge in [0, 0.05) is 48.1 Å². The first kappa shape index (κ1) is 17.3. The molecule has 1 saturated heterocycles. The summed E-state index contributed by atoms with van der Waals surface area (Å²) in [6, 6.07) is 6.01. The van der Waals surface area contributed by atoms with Crippen molar-refractivity contribution in [2.75, 3.05) is 13.1 Å². The summed E-state index contributed by atoms with van der Waals surface area (Å²) in [6.45, 7) is 4.60. The number of carbonyl (C=O) groups is 1. The maximum Gasteiger partial charge on any atom is 0.287 e. The van der Waals surface area contributed by atoms with E-state index in [-0.39, 0.29) is 11.9 Å². The number of imidazole rings is 1. The molecule has 0 unspecified atom stereocenters. The standard InChI is InChI=1S/C19H21BrN4O2/c1-13-6-9-26-18(13)19(25)22-15-4-7-23(8-5-15)11-16-12-24-10-14(20)2-3-17(24)21-16/h2-3,6,9-10,12,15H,4-5,7-8,11H2,1H3,(H,22,25). The Morgan fingerprint density at radius 1 is 1.31 bits per heavy atom. The van der Waals surface area contributed by atoms with Crippen LogP contribution >= 0.6 is 15.9 Å². The average molecular weight is 417 g/mol. The fourth-order valence-electron chi connectivity index (χ4n) is 3.41. The van der Waals surface area contributed by atoms with Crippen LogP contribution in [0.15, 0.2) is 45.7 Å². The second-order valence-corrected chi connectivity index (χ2v) is 7.72. The lowest BCUT2D eigenvalue weighted by atomic mass is 10.0. The summed E-state index contributed by atoms with van der Waals surface area (Å²) < 4.78 is 8.35. The lowest BCUT2D eigenvalue weighted by molar-refractivity contribution is 0.0880. The highest BCUT2D eigenvalue weighted by Gasteiger charge is 2.23. The first-order chi connectivity index (χ1) is 12.6. The molecule has 0 aliphatic carbocycles. The van der Waals surface area contributed by atoms with Crippen LogP contribution in [0.4, 0.5) is 0 Å². The van der Waals surface area contributed by atoms with Crippen LogP contribution in [0.2, 0.25) is 0 Å². The Kier molecular flexibility index (Phi) is 4.82. The smallest absolute Gasteiger partial charge is 0.287 e. The van der Waals surface area contributed by atoms with Crippen LogP contribution in [-0.2, 0) is 6.54 Å². The molecule has 1 aliphatic rings. The number of nitrogens with zero attached hydrogens (tertiary/aromatic N) is 3. The Labute approximate surface area is 160 Å². The molecule has 4 heterocycles. The van der Waals surface area contributed by atoms with Crippen LogP contribution in [0, 0.1) is 6.92 Å². The van der Waals surface area contributed by atoms with Gasteiger partial charge in [-0.25, -0.2) is 4.98 Å². The normalized spacial score (nSPS) is 16.2. The Balaban J connectivity index is 1.31. The zero-order chi connectivity index (χ0) is 18.1. The molecule has 1 fully saturated rings. The summed E-state index contributed by atoms with van der Waals surface area (Å²) in [5.74, 6) is 0.306. The third-order valence-electron chi connectivity index (χ3n) is 4.84. The van der Waals surface area contributed by atoms with E-state index < -0.39 is 0 Å². The van der Waals surface area contributed by atoms with Gasteiger partial charge in [0.25, 0.3) is 5.91 Å². The van der Waals surface area contributed by atoms with E-state index in [0.717, 1.165) is 53.9 Å². The lowest BCUT2D eigenvalue weighted by Crippen LogP contribution is -2.44. The van der Waals surface area contributed by atoms with Crippen molar-refractivity contribution in [1.29, 1.82) is 0 Å². The van der Waals surface area contributed by atoms with Crippen molar-refractivity contribution in [2.45, 2.75) is 32.4 Å². The van der Waals surface area contributed by atoms with Crippen LogP contribution in [-0.4, -0.2) is 39.3 Å². The quantitative estimate of drug-likeness (QED) is 0.707. The zero-order valence-electron chi connectivity index (χ0n) is 14.6. The number of pyridine rings is 1. The summed E-state index contributed by atoms with van der Waals surface area (Å²) >= 11 is 3.48. The van der Waals surface area contributed by atoms with Gasteiger partial charge in [-0.2, -0.15) is 0 Å². The second kappa shape index (κ2) is 7.25. The first-order valence-corrected chi connectivity index (χ1v) is 9.58. The Bertz CT molecular complexity index is 925.